The van der Waals surface area contributed by atoms with Crippen LogP contribution in [0, 0.1) is 5.92 Å². The number of carbonyl (C=O) groups excluding carboxylic acids is 2. The van der Waals surface area contributed by atoms with Gasteiger partial charge in [0.25, 0.3) is 5.91 Å². The maximum absolute atomic E-state index is 12.9. The van der Waals surface area contributed by atoms with Gasteiger partial charge >= 0.3 is 0 Å². The first-order valence-corrected chi connectivity index (χ1v) is 8.55. The van der Waals surface area contributed by atoms with Crippen molar-refractivity contribution in [2.75, 3.05) is 30.4 Å². The number of amides is 2. The lowest BCUT2D eigenvalue weighted by molar-refractivity contribution is -0.119. The Bertz CT molecular complexity index is 788. The first-order chi connectivity index (χ1) is 12.1. The standard InChI is InChI=1S/C20H23N3O2/c1-14(13-21-2)19(24)22-17-8-5-7-16(12-17)20(25)23-11-10-15-6-3-4-9-18(15)23/h3-9,12,14,21H,10-11,13H2,1-2H3,(H,22,24). The first-order valence-electron chi connectivity index (χ1n) is 8.55. The molecule has 3 rings (SSSR count). The minimum atomic E-state index is -0.144. The van der Waals surface area contributed by atoms with Gasteiger partial charge in [-0.2, -0.15) is 0 Å². The fourth-order valence-corrected chi connectivity index (χ4v) is 3.10. The fourth-order valence-electron chi connectivity index (χ4n) is 3.10. The van der Waals surface area contributed by atoms with Gasteiger partial charge in [-0.15, -0.1) is 0 Å². The smallest absolute Gasteiger partial charge is 0.258 e. The molecule has 0 fully saturated rings. The SMILES string of the molecule is CNCC(C)C(=O)Nc1cccc(C(=O)N2CCc3ccccc32)c1. The molecular formula is C20H23N3O2. The highest BCUT2D eigenvalue weighted by Crippen LogP contribution is 2.29. The maximum atomic E-state index is 12.9. The van der Waals surface area contributed by atoms with Crippen molar-refractivity contribution < 1.29 is 9.59 Å². The van der Waals surface area contributed by atoms with Crippen LogP contribution in [-0.2, 0) is 11.2 Å². The molecule has 2 amide bonds. The highest BCUT2D eigenvalue weighted by Gasteiger charge is 2.25. The fraction of sp³-hybridized carbons (Fsp3) is 0.300. The highest BCUT2D eigenvalue weighted by atomic mass is 16.2. The second-order valence-corrected chi connectivity index (χ2v) is 6.36. The lowest BCUT2D eigenvalue weighted by Crippen LogP contribution is -2.30. The van der Waals surface area contributed by atoms with E-state index in [-0.39, 0.29) is 17.7 Å². The summed E-state index contributed by atoms with van der Waals surface area (Å²) in [5, 5.41) is 5.87. The lowest BCUT2D eigenvalue weighted by atomic mass is 10.1. The van der Waals surface area contributed by atoms with E-state index in [2.05, 4.69) is 16.7 Å². The summed E-state index contributed by atoms with van der Waals surface area (Å²) in [5.74, 6) is -0.246. The van der Waals surface area contributed by atoms with Crippen molar-refractivity contribution in [3.05, 3.63) is 59.7 Å². The molecule has 1 aliphatic heterocycles. The summed E-state index contributed by atoms with van der Waals surface area (Å²) in [6.45, 7) is 3.16. The van der Waals surface area contributed by atoms with E-state index >= 15 is 0 Å². The van der Waals surface area contributed by atoms with Gasteiger partial charge in [-0.25, -0.2) is 0 Å². The van der Waals surface area contributed by atoms with Crippen LogP contribution in [0.5, 0.6) is 0 Å². The molecule has 0 aliphatic carbocycles. The predicted octanol–water partition coefficient (Wildman–Crippen LogP) is 2.68. The van der Waals surface area contributed by atoms with Crippen LogP contribution >= 0.6 is 0 Å². The van der Waals surface area contributed by atoms with Gasteiger partial charge < -0.3 is 15.5 Å². The molecule has 0 aromatic heterocycles. The van der Waals surface area contributed by atoms with E-state index in [9.17, 15) is 9.59 Å². The van der Waals surface area contributed by atoms with Gasteiger partial charge in [0, 0.05) is 35.9 Å². The van der Waals surface area contributed by atoms with Crippen molar-refractivity contribution in [2.45, 2.75) is 13.3 Å². The summed E-state index contributed by atoms with van der Waals surface area (Å²) in [6, 6.07) is 15.1. The molecule has 2 aromatic carbocycles. The van der Waals surface area contributed by atoms with Crippen LogP contribution in [0.3, 0.4) is 0 Å². The number of nitrogens with zero attached hydrogens (tertiary/aromatic N) is 1. The van der Waals surface area contributed by atoms with Crippen LogP contribution in [0.15, 0.2) is 48.5 Å². The van der Waals surface area contributed by atoms with Crippen LogP contribution in [0.4, 0.5) is 11.4 Å². The number of rotatable bonds is 5. The van der Waals surface area contributed by atoms with Crippen molar-refractivity contribution in [3.8, 4) is 0 Å². The molecule has 0 saturated heterocycles. The van der Waals surface area contributed by atoms with Crippen LogP contribution in [0.25, 0.3) is 0 Å². The Balaban J connectivity index is 1.76. The molecule has 2 N–H and O–H groups in total. The number of hydrogen-bond acceptors (Lipinski definition) is 3. The summed E-state index contributed by atoms with van der Waals surface area (Å²) in [4.78, 5) is 26.8. The number of carbonyl (C=O) groups is 2. The van der Waals surface area contributed by atoms with Gasteiger partial charge in [0.05, 0.1) is 0 Å². The molecule has 5 heteroatoms. The quantitative estimate of drug-likeness (QED) is 0.882. The van der Waals surface area contributed by atoms with Crippen LogP contribution < -0.4 is 15.5 Å². The monoisotopic (exact) mass is 337 g/mol. The number of para-hydroxylation sites is 1. The molecule has 0 radical (unpaired) electrons. The van der Waals surface area contributed by atoms with E-state index in [1.807, 2.05) is 32.2 Å². The van der Waals surface area contributed by atoms with Crippen molar-refractivity contribution in [2.24, 2.45) is 5.92 Å². The largest absolute Gasteiger partial charge is 0.326 e. The minimum absolute atomic E-state index is 0.0377. The highest BCUT2D eigenvalue weighted by molar-refractivity contribution is 6.08. The maximum Gasteiger partial charge on any atom is 0.258 e. The number of fused-ring (bicyclic) bond motifs is 1. The molecule has 1 unspecified atom stereocenters. The molecule has 5 nitrogen and oxygen atoms in total. The van der Waals surface area contributed by atoms with E-state index in [0.717, 1.165) is 12.1 Å². The minimum Gasteiger partial charge on any atom is -0.326 e. The third-order valence-electron chi connectivity index (χ3n) is 4.47. The second kappa shape index (κ2) is 7.49. The van der Waals surface area contributed by atoms with Gasteiger partial charge in [-0.05, 0) is 43.3 Å². The van der Waals surface area contributed by atoms with Crippen molar-refractivity contribution >= 4 is 23.2 Å². The summed E-state index contributed by atoms with van der Waals surface area (Å²) < 4.78 is 0. The zero-order chi connectivity index (χ0) is 17.8. The number of hydrogen-bond donors (Lipinski definition) is 2. The average Bonchev–Trinajstić information content (AvgIpc) is 3.05. The molecule has 0 spiro atoms. The van der Waals surface area contributed by atoms with Crippen LogP contribution in [0.1, 0.15) is 22.8 Å². The van der Waals surface area contributed by atoms with Gasteiger partial charge in [0.2, 0.25) is 5.91 Å². The molecule has 2 aromatic rings. The summed E-state index contributed by atoms with van der Waals surface area (Å²) in [6.07, 6.45) is 0.875. The molecule has 25 heavy (non-hydrogen) atoms. The molecule has 1 atom stereocenters. The summed E-state index contributed by atoms with van der Waals surface area (Å²) >= 11 is 0. The molecule has 1 heterocycles. The number of nitrogens with one attached hydrogen (secondary N) is 2. The molecule has 0 bridgehead atoms. The van der Waals surface area contributed by atoms with Gasteiger partial charge in [0.15, 0.2) is 0 Å². The van der Waals surface area contributed by atoms with E-state index in [1.165, 1.54) is 5.56 Å². The van der Waals surface area contributed by atoms with Gasteiger partial charge in [0.1, 0.15) is 0 Å². The van der Waals surface area contributed by atoms with Crippen molar-refractivity contribution in [1.29, 1.82) is 0 Å². The van der Waals surface area contributed by atoms with Gasteiger partial charge in [-0.3, -0.25) is 9.59 Å². The zero-order valence-corrected chi connectivity index (χ0v) is 14.6. The first kappa shape index (κ1) is 17.2. The number of anilines is 2. The summed E-state index contributed by atoms with van der Waals surface area (Å²) in [5.41, 5.74) is 3.40. The van der Waals surface area contributed by atoms with Crippen molar-refractivity contribution in [3.63, 3.8) is 0 Å². The van der Waals surface area contributed by atoms with Crippen LogP contribution in [-0.4, -0.2) is 32.0 Å². The third kappa shape index (κ3) is 3.72. The molecule has 0 saturated carbocycles. The zero-order valence-electron chi connectivity index (χ0n) is 14.6. The predicted molar refractivity (Wildman–Crippen MR) is 100.0 cm³/mol. The lowest BCUT2D eigenvalue weighted by Gasteiger charge is -2.18. The van der Waals surface area contributed by atoms with E-state index in [0.29, 0.717) is 24.3 Å². The second-order valence-electron chi connectivity index (χ2n) is 6.36. The Morgan fingerprint density at radius 1 is 1.16 bits per heavy atom. The Morgan fingerprint density at radius 2 is 1.96 bits per heavy atom. The molecule has 1 aliphatic rings. The van der Waals surface area contributed by atoms with E-state index in [4.69, 9.17) is 0 Å². The molecule has 130 valence electrons. The average molecular weight is 337 g/mol. The summed E-state index contributed by atoms with van der Waals surface area (Å²) in [7, 11) is 1.82. The Hall–Kier alpha value is -2.66. The van der Waals surface area contributed by atoms with Crippen molar-refractivity contribution in [1.82, 2.24) is 5.32 Å². The topological polar surface area (TPSA) is 61.4 Å². The Kier molecular flexibility index (Phi) is 5.14. The normalized spacial score (nSPS) is 14.1. The van der Waals surface area contributed by atoms with Gasteiger partial charge in [-0.1, -0.05) is 31.2 Å². The van der Waals surface area contributed by atoms with E-state index in [1.54, 1.807) is 29.2 Å². The third-order valence-corrected chi connectivity index (χ3v) is 4.47. The van der Waals surface area contributed by atoms with Crippen LogP contribution in [0.2, 0.25) is 0 Å². The van der Waals surface area contributed by atoms with E-state index < -0.39 is 0 Å². The number of benzene rings is 2. The molecular weight excluding hydrogens is 314 g/mol. The Morgan fingerprint density at radius 3 is 2.76 bits per heavy atom. The Labute approximate surface area is 148 Å².